The number of carbonyl (C=O) groups excluding carboxylic acids is 1. The molecule has 0 rings (SSSR count). The number of hydrogen-bond acceptors (Lipinski definition) is 5. The van der Waals surface area contributed by atoms with Gasteiger partial charge in [-0.1, -0.05) is 0 Å². The predicted octanol–water partition coefficient (Wildman–Crippen LogP) is -2.11. The Bertz CT molecular complexity index is 292. The average Bonchev–Trinajstić information content (AvgIpc) is 2.16. The third kappa shape index (κ3) is 11.4. The number of hydrogen-bond donors (Lipinski definition) is 3. The van der Waals surface area contributed by atoms with Gasteiger partial charge in [-0.3, -0.25) is 4.79 Å². The molecule has 0 saturated carbocycles. The van der Waals surface area contributed by atoms with Gasteiger partial charge in [-0.2, -0.15) is 0 Å². The molecule has 16 heavy (non-hydrogen) atoms. The van der Waals surface area contributed by atoms with Gasteiger partial charge in [0, 0.05) is 26.7 Å². The number of ether oxygens (including phenoxy) is 1. The first kappa shape index (κ1) is 15.3. The standard InChI is InChI=1S/C8H19N3O4S/c1-15-6-5-10-8(12)7-9-3-4-11-16(2,13)14/h9,11H,3-7H2,1-2H3,(H,10,12). The fourth-order valence-corrected chi connectivity index (χ4v) is 1.35. The Hall–Kier alpha value is -0.700. The lowest BCUT2D eigenvalue weighted by molar-refractivity contribution is -0.120. The number of rotatable bonds is 9. The Kier molecular flexibility index (Phi) is 8.08. The van der Waals surface area contributed by atoms with Gasteiger partial charge in [-0.05, 0) is 0 Å². The molecule has 0 aromatic carbocycles. The molecule has 0 unspecified atom stereocenters. The third-order valence-electron chi connectivity index (χ3n) is 1.58. The predicted molar refractivity (Wildman–Crippen MR) is 60.6 cm³/mol. The second kappa shape index (κ2) is 8.45. The summed E-state index contributed by atoms with van der Waals surface area (Å²) in [5.74, 6) is -0.142. The molecule has 7 nitrogen and oxygen atoms in total. The van der Waals surface area contributed by atoms with E-state index in [0.717, 1.165) is 6.26 Å². The van der Waals surface area contributed by atoms with Gasteiger partial charge in [-0.15, -0.1) is 0 Å². The molecular formula is C8H19N3O4S. The Balaban J connectivity index is 3.34. The van der Waals surface area contributed by atoms with Crippen molar-refractivity contribution >= 4 is 15.9 Å². The van der Waals surface area contributed by atoms with Crippen LogP contribution in [0.25, 0.3) is 0 Å². The minimum Gasteiger partial charge on any atom is -0.383 e. The van der Waals surface area contributed by atoms with E-state index in [1.54, 1.807) is 7.11 Å². The van der Waals surface area contributed by atoms with Gasteiger partial charge < -0.3 is 15.4 Å². The smallest absolute Gasteiger partial charge is 0.234 e. The molecule has 0 aliphatic heterocycles. The summed E-state index contributed by atoms with van der Waals surface area (Å²) < 4.78 is 28.4. The largest absolute Gasteiger partial charge is 0.383 e. The Morgan fingerprint density at radius 1 is 1.25 bits per heavy atom. The highest BCUT2D eigenvalue weighted by Crippen LogP contribution is 1.71. The van der Waals surface area contributed by atoms with E-state index in [-0.39, 0.29) is 19.0 Å². The van der Waals surface area contributed by atoms with Crippen molar-refractivity contribution in [3.05, 3.63) is 0 Å². The molecule has 0 radical (unpaired) electrons. The molecule has 0 aromatic heterocycles. The van der Waals surface area contributed by atoms with E-state index in [9.17, 15) is 13.2 Å². The fraction of sp³-hybridized carbons (Fsp3) is 0.875. The number of nitrogens with one attached hydrogen (secondary N) is 3. The van der Waals surface area contributed by atoms with Crippen molar-refractivity contribution in [1.29, 1.82) is 0 Å². The summed E-state index contributed by atoms with van der Waals surface area (Å²) in [4.78, 5) is 11.1. The molecular weight excluding hydrogens is 234 g/mol. The maximum absolute atomic E-state index is 11.1. The van der Waals surface area contributed by atoms with Gasteiger partial charge in [0.05, 0.1) is 19.4 Å². The fourth-order valence-electron chi connectivity index (χ4n) is 0.882. The lowest BCUT2D eigenvalue weighted by Gasteiger charge is -2.06. The Morgan fingerprint density at radius 2 is 1.94 bits per heavy atom. The van der Waals surface area contributed by atoms with E-state index >= 15 is 0 Å². The molecule has 8 heteroatoms. The lowest BCUT2D eigenvalue weighted by atomic mass is 10.5. The van der Waals surface area contributed by atoms with Crippen LogP contribution in [-0.2, 0) is 19.6 Å². The first-order valence-electron chi connectivity index (χ1n) is 4.86. The van der Waals surface area contributed by atoms with Crippen LogP contribution in [0.3, 0.4) is 0 Å². The highest BCUT2D eigenvalue weighted by atomic mass is 32.2. The number of sulfonamides is 1. The van der Waals surface area contributed by atoms with Crippen molar-refractivity contribution in [2.24, 2.45) is 0 Å². The van der Waals surface area contributed by atoms with E-state index in [4.69, 9.17) is 4.74 Å². The van der Waals surface area contributed by atoms with Gasteiger partial charge in [0.15, 0.2) is 0 Å². The molecule has 0 bridgehead atoms. The molecule has 0 saturated heterocycles. The van der Waals surface area contributed by atoms with Crippen LogP contribution in [-0.4, -0.2) is 60.5 Å². The normalized spacial score (nSPS) is 11.4. The van der Waals surface area contributed by atoms with E-state index < -0.39 is 10.0 Å². The highest BCUT2D eigenvalue weighted by molar-refractivity contribution is 7.88. The van der Waals surface area contributed by atoms with Gasteiger partial charge in [0.25, 0.3) is 0 Å². The zero-order valence-electron chi connectivity index (χ0n) is 9.58. The van der Waals surface area contributed by atoms with Crippen molar-refractivity contribution < 1.29 is 17.9 Å². The number of methoxy groups -OCH3 is 1. The van der Waals surface area contributed by atoms with Crippen molar-refractivity contribution in [2.75, 3.05) is 46.2 Å². The lowest BCUT2D eigenvalue weighted by Crippen LogP contribution is -2.38. The zero-order valence-corrected chi connectivity index (χ0v) is 10.4. The number of amides is 1. The monoisotopic (exact) mass is 253 g/mol. The first-order valence-corrected chi connectivity index (χ1v) is 6.76. The summed E-state index contributed by atoms with van der Waals surface area (Å²) in [6, 6.07) is 0. The molecule has 0 aliphatic rings. The van der Waals surface area contributed by atoms with Crippen molar-refractivity contribution in [3.8, 4) is 0 Å². The molecule has 0 aliphatic carbocycles. The maximum Gasteiger partial charge on any atom is 0.234 e. The molecule has 96 valence electrons. The zero-order chi connectivity index (χ0) is 12.4. The van der Waals surface area contributed by atoms with Crippen LogP contribution in [0.4, 0.5) is 0 Å². The summed E-state index contributed by atoms with van der Waals surface area (Å²) in [6.45, 7) is 1.78. The van der Waals surface area contributed by atoms with Gasteiger partial charge >= 0.3 is 0 Å². The van der Waals surface area contributed by atoms with Gasteiger partial charge in [0.1, 0.15) is 0 Å². The van der Waals surface area contributed by atoms with Crippen LogP contribution >= 0.6 is 0 Å². The minimum absolute atomic E-state index is 0.142. The SMILES string of the molecule is COCCNC(=O)CNCCNS(C)(=O)=O. The second-order valence-electron chi connectivity index (χ2n) is 3.19. The van der Waals surface area contributed by atoms with Crippen LogP contribution < -0.4 is 15.4 Å². The Labute approximate surface area is 96.0 Å². The minimum atomic E-state index is -3.15. The highest BCUT2D eigenvalue weighted by Gasteiger charge is 2.01. The first-order chi connectivity index (χ1) is 7.45. The molecule has 3 N–H and O–H groups in total. The van der Waals surface area contributed by atoms with E-state index in [1.807, 2.05) is 0 Å². The number of carbonyl (C=O) groups is 1. The second-order valence-corrected chi connectivity index (χ2v) is 5.02. The molecule has 0 aromatic rings. The van der Waals surface area contributed by atoms with Crippen LogP contribution in [0.2, 0.25) is 0 Å². The van der Waals surface area contributed by atoms with Crippen LogP contribution in [0, 0.1) is 0 Å². The maximum atomic E-state index is 11.1. The Morgan fingerprint density at radius 3 is 2.50 bits per heavy atom. The van der Waals surface area contributed by atoms with Crippen molar-refractivity contribution in [2.45, 2.75) is 0 Å². The molecule has 0 heterocycles. The average molecular weight is 253 g/mol. The third-order valence-corrected chi connectivity index (χ3v) is 2.31. The van der Waals surface area contributed by atoms with Gasteiger partial charge in [0.2, 0.25) is 15.9 Å². The molecule has 1 amide bonds. The van der Waals surface area contributed by atoms with Crippen LogP contribution in [0.5, 0.6) is 0 Å². The summed E-state index contributed by atoms with van der Waals surface area (Å²) >= 11 is 0. The summed E-state index contributed by atoms with van der Waals surface area (Å²) in [7, 11) is -1.59. The topological polar surface area (TPSA) is 96.5 Å². The van der Waals surface area contributed by atoms with Crippen LogP contribution in [0.1, 0.15) is 0 Å². The van der Waals surface area contributed by atoms with E-state index in [2.05, 4.69) is 15.4 Å². The summed E-state index contributed by atoms with van der Waals surface area (Å²) in [6.07, 6.45) is 1.09. The quantitative estimate of drug-likeness (QED) is 0.409. The molecule has 0 atom stereocenters. The molecule has 0 fully saturated rings. The molecule has 0 spiro atoms. The van der Waals surface area contributed by atoms with E-state index in [1.165, 1.54) is 0 Å². The summed E-state index contributed by atoms with van der Waals surface area (Å²) in [5.41, 5.74) is 0. The van der Waals surface area contributed by atoms with Gasteiger partial charge in [-0.25, -0.2) is 13.1 Å². The van der Waals surface area contributed by atoms with Crippen molar-refractivity contribution in [1.82, 2.24) is 15.4 Å². The summed E-state index contributed by atoms with van der Waals surface area (Å²) in [5, 5.41) is 5.43. The van der Waals surface area contributed by atoms with Crippen molar-refractivity contribution in [3.63, 3.8) is 0 Å². The van der Waals surface area contributed by atoms with E-state index in [0.29, 0.717) is 19.7 Å². The van der Waals surface area contributed by atoms with Crippen LogP contribution in [0.15, 0.2) is 0 Å².